The molecule has 2 aliphatic rings. The van der Waals surface area contributed by atoms with Crippen LogP contribution in [0.1, 0.15) is 12.8 Å². The highest BCUT2D eigenvalue weighted by Crippen LogP contribution is 2.33. The fourth-order valence-corrected chi connectivity index (χ4v) is 5.36. The van der Waals surface area contributed by atoms with Gasteiger partial charge in [-0.3, -0.25) is 9.69 Å². The first-order valence-electron chi connectivity index (χ1n) is 13.7. The van der Waals surface area contributed by atoms with Crippen molar-refractivity contribution in [3.63, 3.8) is 0 Å². The summed E-state index contributed by atoms with van der Waals surface area (Å²) in [6.45, 7) is 5.31. The van der Waals surface area contributed by atoms with Gasteiger partial charge in [-0.1, -0.05) is 24.3 Å². The van der Waals surface area contributed by atoms with Crippen molar-refractivity contribution >= 4 is 22.8 Å². The second-order valence-corrected chi connectivity index (χ2v) is 10.1. The molecule has 206 valence electrons. The molecule has 0 spiro atoms. The number of fused-ring (bicyclic) bond motifs is 1. The number of nitrogens with two attached hydrogens (primary N) is 1. The molecule has 2 aliphatic heterocycles. The fraction of sp³-hybridized carbons (Fsp3) is 0.333. The van der Waals surface area contributed by atoms with Crippen molar-refractivity contribution in [1.29, 1.82) is 0 Å². The highest BCUT2D eigenvalue weighted by atomic mass is 16.5. The minimum absolute atomic E-state index is 0.0225. The number of carbonyl (C=O) groups is 1. The molecule has 10 heteroatoms. The van der Waals surface area contributed by atoms with Crippen molar-refractivity contribution in [3.05, 3.63) is 73.1 Å². The Bertz CT molecular complexity index is 1480. The van der Waals surface area contributed by atoms with Crippen LogP contribution in [-0.2, 0) is 16.1 Å². The topological polar surface area (TPSA) is 112 Å². The molecule has 0 saturated carbocycles. The van der Waals surface area contributed by atoms with E-state index in [0.717, 1.165) is 69.3 Å². The minimum Gasteiger partial charge on any atom is -0.457 e. The number of hydrogen-bond donors (Lipinski definition) is 1. The second-order valence-electron chi connectivity index (χ2n) is 10.1. The van der Waals surface area contributed by atoms with Crippen LogP contribution in [0.25, 0.3) is 22.3 Å². The SMILES string of the molecule is Nc1ncnc2c1c(-c1ccc(Oc3ccccc3)cc1)nn2C[C@@H]1CCCN1C(=O)C=CCN1CCOCC1. The van der Waals surface area contributed by atoms with Gasteiger partial charge in [0.1, 0.15) is 29.3 Å². The van der Waals surface area contributed by atoms with Gasteiger partial charge in [-0.15, -0.1) is 0 Å². The summed E-state index contributed by atoms with van der Waals surface area (Å²) in [4.78, 5) is 26.1. The van der Waals surface area contributed by atoms with Gasteiger partial charge in [0.05, 0.1) is 31.2 Å². The van der Waals surface area contributed by atoms with Crippen molar-refractivity contribution in [1.82, 2.24) is 29.5 Å². The van der Waals surface area contributed by atoms with Crippen LogP contribution >= 0.6 is 0 Å². The summed E-state index contributed by atoms with van der Waals surface area (Å²) in [5, 5.41) is 5.64. The minimum atomic E-state index is 0.0225. The maximum Gasteiger partial charge on any atom is 0.246 e. The van der Waals surface area contributed by atoms with Crippen molar-refractivity contribution in [3.8, 4) is 22.8 Å². The Hall–Kier alpha value is -4.28. The molecule has 2 aromatic carbocycles. The lowest BCUT2D eigenvalue weighted by Gasteiger charge is -2.25. The van der Waals surface area contributed by atoms with Gasteiger partial charge in [-0.2, -0.15) is 5.10 Å². The van der Waals surface area contributed by atoms with Gasteiger partial charge in [0, 0.05) is 37.8 Å². The van der Waals surface area contributed by atoms with Crippen LogP contribution in [0, 0.1) is 0 Å². The van der Waals surface area contributed by atoms with Gasteiger partial charge in [0.2, 0.25) is 5.91 Å². The van der Waals surface area contributed by atoms with Crippen molar-refractivity contribution in [2.75, 3.05) is 45.1 Å². The summed E-state index contributed by atoms with van der Waals surface area (Å²) in [6, 6.07) is 17.4. The van der Waals surface area contributed by atoms with Gasteiger partial charge in [0.15, 0.2) is 5.65 Å². The van der Waals surface area contributed by atoms with E-state index in [4.69, 9.17) is 20.3 Å². The lowest BCUT2D eigenvalue weighted by atomic mass is 10.1. The number of benzene rings is 2. The van der Waals surface area contributed by atoms with Crippen LogP contribution in [0.4, 0.5) is 5.82 Å². The standard InChI is InChI=1S/C30H33N7O3/c31-29-27-28(22-10-12-25(13-11-22)40-24-7-2-1-3-8-24)34-37(30(27)33-21-32-29)20-23-6-4-15-36(23)26(38)9-5-14-35-16-18-39-19-17-35/h1-3,5,7-13,21,23H,4,6,14-20H2,(H2,31,32,33)/t23-/m0/s1. The van der Waals surface area contributed by atoms with Crippen molar-refractivity contribution < 1.29 is 14.3 Å². The zero-order chi connectivity index (χ0) is 27.3. The predicted octanol–water partition coefficient (Wildman–Crippen LogP) is 3.75. The van der Waals surface area contributed by atoms with Gasteiger partial charge >= 0.3 is 0 Å². The number of anilines is 1. The molecular formula is C30H33N7O3. The first-order chi connectivity index (χ1) is 19.7. The molecule has 2 N–H and O–H groups in total. The first-order valence-corrected chi connectivity index (χ1v) is 13.7. The quantitative estimate of drug-likeness (QED) is 0.337. The average molecular weight is 540 g/mol. The van der Waals surface area contributed by atoms with E-state index in [-0.39, 0.29) is 11.9 Å². The normalized spacial score (nSPS) is 18.1. The summed E-state index contributed by atoms with van der Waals surface area (Å²) < 4.78 is 13.2. The van der Waals surface area contributed by atoms with Gasteiger partial charge in [-0.05, 0) is 49.2 Å². The van der Waals surface area contributed by atoms with Gasteiger partial charge < -0.3 is 20.1 Å². The predicted molar refractivity (Wildman–Crippen MR) is 153 cm³/mol. The molecule has 0 bridgehead atoms. The molecule has 4 heterocycles. The molecule has 4 aromatic rings. The summed E-state index contributed by atoms with van der Waals surface area (Å²) in [5.74, 6) is 1.91. The Morgan fingerprint density at radius 2 is 1.80 bits per heavy atom. The third-order valence-electron chi connectivity index (χ3n) is 7.44. The van der Waals surface area contributed by atoms with E-state index < -0.39 is 0 Å². The van der Waals surface area contributed by atoms with Crippen LogP contribution in [0.15, 0.2) is 73.1 Å². The molecule has 40 heavy (non-hydrogen) atoms. The molecule has 6 rings (SSSR count). The largest absolute Gasteiger partial charge is 0.457 e. The number of carbonyl (C=O) groups excluding carboxylic acids is 1. The van der Waals surface area contributed by atoms with Crippen LogP contribution in [0.3, 0.4) is 0 Å². The summed E-state index contributed by atoms with van der Waals surface area (Å²) >= 11 is 0. The van der Waals surface area contributed by atoms with E-state index in [1.54, 1.807) is 6.08 Å². The van der Waals surface area contributed by atoms with E-state index >= 15 is 0 Å². The summed E-state index contributed by atoms with van der Waals surface area (Å²) in [6.07, 6.45) is 7.00. The van der Waals surface area contributed by atoms with E-state index in [1.165, 1.54) is 6.33 Å². The molecule has 2 fully saturated rings. The molecule has 0 unspecified atom stereocenters. The number of hydrogen-bond acceptors (Lipinski definition) is 8. The molecule has 0 aliphatic carbocycles. The number of nitrogen functional groups attached to an aromatic ring is 1. The number of amides is 1. The zero-order valence-electron chi connectivity index (χ0n) is 22.4. The molecule has 1 amide bonds. The maximum absolute atomic E-state index is 13.1. The number of likely N-dealkylation sites (tertiary alicyclic amines) is 1. The van der Waals surface area contributed by atoms with Crippen molar-refractivity contribution in [2.24, 2.45) is 0 Å². The van der Waals surface area contributed by atoms with Crippen LogP contribution in [0.5, 0.6) is 11.5 Å². The van der Waals surface area contributed by atoms with Gasteiger partial charge in [0.25, 0.3) is 0 Å². The summed E-state index contributed by atoms with van der Waals surface area (Å²) in [7, 11) is 0. The van der Waals surface area contributed by atoms with E-state index in [0.29, 0.717) is 29.1 Å². The highest BCUT2D eigenvalue weighted by Gasteiger charge is 2.29. The number of rotatable bonds is 8. The number of ether oxygens (including phenoxy) is 2. The Kier molecular flexibility index (Phi) is 7.69. The molecule has 10 nitrogen and oxygen atoms in total. The molecule has 2 aromatic heterocycles. The van der Waals surface area contributed by atoms with Crippen molar-refractivity contribution in [2.45, 2.75) is 25.4 Å². The van der Waals surface area contributed by atoms with Gasteiger partial charge in [-0.25, -0.2) is 14.6 Å². The lowest BCUT2D eigenvalue weighted by molar-refractivity contribution is -0.127. The number of aromatic nitrogens is 4. The third-order valence-corrected chi connectivity index (χ3v) is 7.44. The molecule has 1 atom stereocenters. The van der Waals surface area contributed by atoms with Crippen LogP contribution in [-0.4, -0.2) is 80.9 Å². The lowest BCUT2D eigenvalue weighted by Crippen LogP contribution is -2.38. The van der Waals surface area contributed by atoms with E-state index in [2.05, 4.69) is 14.9 Å². The highest BCUT2D eigenvalue weighted by molar-refractivity contribution is 5.98. The zero-order valence-corrected chi connectivity index (χ0v) is 22.4. The second kappa shape index (κ2) is 11.8. The van der Waals surface area contributed by atoms with E-state index in [9.17, 15) is 4.79 Å². The maximum atomic E-state index is 13.1. The smallest absolute Gasteiger partial charge is 0.246 e. The fourth-order valence-electron chi connectivity index (χ4n) is 5.36. The molecule has 2 saturated heterocycles. The third kappa shape index (κ3) is 5.68. The number of para-hydroxylation sites is 1. The Morgan fingerprint density at radius 3 is 2.60 bits per heavy atom. The molecular weight excluding hydrogens is 506 g/mol. The summed E-state index contributed by atoms with van der Waals surface area (Å²) in [5.41, 5.74) is 8.58. The Labute approximate surface area is 233 Å². The molecule has 0 radical (unpaired) electrons. The van der Waals surface area contributed by atoms with Crippen LogP contribution in [0.2, 0.25) is 0 Å². The number of morpholine rings is 1. The monoisotopic (exact) mass is 539 g/mol. The Morgan fingerprint density at radius 1 is 1.02 bits per heavy atom. The Balaban J connectivity index is 1.20. The van der Waals surface area contributed by atoms with E-state index in [1.807, 2.05) is 70.3 Å². The average Bonchev–Trinajstić information content (AvgIpc) is 3.60. The first kappa shape index (κ1) is 26.0. The number of nitrogens with zero attached hydrogens (tertiary/aromatic N) is 6. The van der Waals surface area contributed by atoms with Crippen LogP contribution < -0.4 is 10.5 Å².